The fourth-order valence-electron chi connectivity index (χ4n) is 2.01. The Hall–Kier alpha value is -2.33. The van der Waals surface area contributed by atoms with Gasteiger partial charge in [-0.05, 0) is 24.3 Å². The highest BCUT2D eigenvalue weighted by Gasteiger charge is 2.21. The number of carbonyl (C=O) groups excluding carboxylic acids is 1. The van der Waals surface area contributed by atoms with Gasteiger partial charge in [0, 0.05) is 17.8 Å². The van der Waals surface area contributed by atoms with Crippen LogP contribution in [0, 0.1) is 12.3 Å². The Morgan fingerprint density at radius 3 is 2.83 bits per heavy atom. The number of hydrogen-bond acceptors (Lipinski definition) is 4. The molecule has 8 heteroatoms. The summed E-state index contributed by atoms with van der Waals surface area (Å²) in [6.45, 7) is 0.117. The van der Waals surface area contributed by atoms with E-state index in [2.05, 4.69) is 16.0 Å². The van der Waals surface area contributed by atoms with Gasteiger partial charge in [-0.2, -0.15) is 5.10 Å². The number of hydrogen-bond donors (Lipinski definition) is 0. The Morgan fingerprint density at radius 2 is 2.17 bits per heavy atom. The van der Waals surface area contributed by atoms with Crippen molar-refractivity contribution in [3.63, 3.8) is 0 Å². The minimum atomic E-state index is -0.318. The summed E-state index contributed by atoms with van der Waals surface area (Å²) in [6.07, 6.45) is 8.64. The third-order valence-electron chi connectivity index (χ3n) is 3.12. The highest BCUT2D eigenvalue weighted by Crippen LogP contribution is 2.24. The Labute approximate surface area is 152 Å². The van der Waals surface area contributed by atoms with E-state index < -0.39 is 0 Å². The highest BCUT2D eigenvalue weighted by molar-refractivity contribution is 7.13. The maximum Gasteiger partial charge on any atom is 0.281 e. The third-order valence-corrected chi connectivity index (χ3v) is 4.65. The maximum atomic E-state index is 12.7. The van der Waals surface area contributed by atoms with Gasteiger partial charge >= 0.3 is 0 Å². The van der Waals surface area contributed by atoms with Crippen LogP contribution < -0.4 is 4.90 Å². The van der Waals surface area contributed by atoms with Crippen molar-refractivity contribution in [3.8, 4) is 18.0 Å². The summed E-state index contributed by atoms with van der Waals surface area (Å²) in [6, 6.07) is 6.71. The molecule has 0 atom stereocenters. The van der Waals surface area contributed by atoms with E-state index in [1.165, 1.54) is 16.2 Å². The molecule has 0 spiro atoms. The Morgan fingerprint density at radius 1 is 1.33 bits per heavy atom. The van der Waals surface area contributed by atoms with E-state index in [0.717, 1.165) is 0 Å². The lowest BCUT2D eigenvalue weighted by Gasteiger charge is -2.15. The molecule has 0 unspecified atom stereocenters. The number of thiazole rings is 1. The molecular formula is C16H10Cl2N4OS. The van der Waals surface area contributed by atoms with Crippen LogP contribution in [-0.4, -0.2) is 27.2 Å². The number of nitrogens with zero attached hydrogens (tertiary/aromatic N) is 4. The first kappa shape index (κ1) is 16.5. The number of amides is 1. The van der Waals surface area contributed by atoms with Gasteiger partial charge < -0.3 is 0 Å². The van der Waals surface area contributed by atoms with Gasteiger partial charge in [0.05, 0.1) is 22.3 Å². The monoisotopic (exact) mass is 376 g/mol. The third kappa shape index (κ3) is 3.29. The first-order chi connectivity index (χ1) is 11.6. The number of benzene rings is 1. The number of terminal acetylenes is 1. The van der Waals surface area contributed by atoms with Gasteiger partial charge in [-0.15, -0.1) is 17.8 Å². The summed E-state index contributed by atoms with van der Waals surface area (Å²) in [5, 5.41) is 7.47. The van der Waals surface area contributed by atoms with Crippen LogP contribution in [-0.2, 0) is 0 Å². The molecule has 1 aromatic carbocycles. The summed E-state index contributed by atoms with van der Waals surface area (Å²) < 4.78 is 1.55. The molecule has 0 aliphatic carbocycles. The van der Waals surface area contributed by atoms with Gasteiger partial charge in [-0.3, -0.25) is 9.69 Å². The van der Waals surface area contributed by atoms with Crippen molar-refractivity contribution in [3.05, 3.63) is 57.8 Å². The lowest BCUT2D eigenvalue weighted by Crippen LogP contribution is -2.31. The molecule has 0 saturated carbocycles. The predicted molar refractivity (Wildman–Crippen MR) is 96.2 cm³/mol. The quantitative estimate of drug-likeness (QED) is 0.648. The average molecular weight is 377 g/mol. The zero-order valence-corrected chi connectivity index (χ0v) is 14.5. The lowest BCUT2D eigenvalue weighted by molar-refractivity contribution is 0.0985. The molecule has 1 amide bonds. The van der Waals surface area contributed by atoms with Gasteiger partial charge in [0.1, 0.15) is 0 Å². The first-order valence-corrected chi connectivity index (χ1v) is 8.39. The normalized spacial score (nSPS) is 10.4. The molecular weight excluding hydrogens is 367 g/mol. The summed E-state index contributed by atoms with van der Waals surface area (Å²) in [5.41, 5.74) is 0.952. The van der Waals surface area contributed by atoms with Gasteiger partial charge in [0.25, 0.3) is 5.91 Å². The topological polar surface area (TPSA) is 51.0 Å². The number of carbonyl (C=O) groups is 1. The summed E-state index contributed by atoms with van der Waals surface area (Å²) in [7, 11) is 0. The number of aromatic nitrogens is 3. The number of halogens is 2. The maximum absolute atomic E-state index is 12.7. The molecule has 3 aromatic rings. The van der Waals surface area contributed by atoms with Gasteiger partial charge in [-0.1, -0.05) is 29.1 Å². The Kier molecular flexibility index (Phi) is 4.86. The SMILES string of the molecule is C#CCN(C(=O)c1ccn(-c2ccc(Cl)c(Cl)c2)n1)c1nccs1. The zero-order valence-electron chi connectivity index (χ0n) is 12.2. The molecule has 0 aliphatic heterocycles. The molecule has 120 valence electrons. The minimum absolute atomic E-state index is 0.117. The Bertz CT molecular complexity index is 915. The van der Waals surface area contributed by atoms with E-state index in [0.29, 0.717) is 20.9 Å². The van der Waals surface area contributed by atoms with Crippen LogP contribution in [0.3, 0.4) is 0 Å². The molecule has 24 heavy (non-hydrogen) atoms. The summed E-state index contributed by atoms with van der Waals surface area (Å²) >= 11 is 13.3. The van der Waals surface area contributed by atoms with Crippen LogP contribution in [0.1, 0.15) is 10.5 Å². The standard InChI is InChI=1S/C16H10Cl2N4OS/c1-2-7-21(16-19-6-9-24-16)15(23)14-5-8-22(20-14)11-3-4-12(17)13(18)10-11/h1,3-6,8-10H,7H2. The van der Waals surface area contributed by atoms with Crippen LogP contribution in [0.2, 0.25) is 10.0 Å². The van der Waals surface area contributed by atoms with Crippen molar-refractivity contribution in [1.82, 2.24) is 14.8 Å². The first-order valence-electron chi connectivity index (χ1n) is 6.76. The van der Waals surface area contributed by atoms with Crippen LogP contribution in [0.4, 0.5) is 5.13 Å². The highest BCUT2D eigenvalue weighted by atomic mass is 35.5. The lowest BCUT2D eigenvalue weighted by atomic mass is 10.3. The molecule has 3 rings (SSSR count). The minimum Gasteiger partial charge on any atom is -0.271 e. The predicted octanol–water partition coefficient (Wildman–Crippen LogP) is 3.92. The van der Waals surface area contributed by atoms with Crippen LogP contribution in [0.5, 0.6) is 0 Å². The van der Waals surface area contributed by atoms with E-state index in [4.69, 9.17) is 29.6 Å². The van der Waals surface area contributed by atoms with Crippen molar-refractivity contribution in [1.29, 1.82) is 0 Å². The van der Waals surface area contributed by atoms with Gasteiger partial charge in [-0.25, -0.2) is 9.67 Å². The van der Waals surface area contributed by atoms with Crippen molar-refractivity contribution >= 4 is 45.6 Å². The number of anilines is 1. The molecule has 0 radical (unpaired) electrons. The molecule has 0 aliphatic rings. The molecule has 2 heterocycles. The van der Waals surface area contributed by atoms with Gasteiger partial charge in [0.2, 0.25) is 0 Å². The van der Waals surface area contributed by atoms with E-state index in [1.54, 1.807) is 46.7 Å². The molecule has 0 fully saturated rings. The fourth-order valence-corrected chi connectivity index (χ4v) is 2.95. The van der Waals surface area contributed by atoms with Crippen LogP contribution in [0.15, 0.2) is 42.0 Å². The van der Waals surface area contributed by atoms with Crippen molar-refractivity contribution < 1.29 is 4.79 Å². The smallest absolute Gasteiger partial charge is 0.271 e. The molecule has 0 bridgehead atoms. The summed E-state index contributed by atoms with van der Waals surface area (Å²) in [4.78, 5) is 18.2. The average Bonchev–Trinajstić information content (AvgIpc) is 3.26. The second-order valence-corrected chi connectivity index (χ2v) is 6.34. The molecule has 5 nitrogen and oxygen atoms in total. The largest absolute Gasteiger partial charge is 0.281 e. The van der Waals surface area contributed by atoms with E-state index >= 15 is 0 Å². The van der Waals surface area contributed by atoms with E-state index in [-0.39, 0.29) is 18.1 Å². The van der Waals surface area contributed by atoms with Crippen molar-refractivity contribution in [2.75, 3.05) is 11.4 Å². The number of rotatable bonds is 4. The molecule has 2 aromatic heterocycles. The second-order valence-electron chi connectivity index (χ2n) is 4.65. The fraction of sp³-hybridized carbons (Fsp3) is 0.0625. The van der Waals surface area contributed by atoms with Crippen LogP contribution in [0.25, 0.3) is 5.69 Å². The second kappa shape index (κ2) is 7.05. The van der Waals surface area contributed by atoms with Crippen LogP contribution >= 0.6 is 34.5 Å². The van der Waals surface area contributed by atoms with E-state index in [9.17, 15) is 4.79 Å². The van der Waals surface area contributed by atoms with E-state index in [1.807, 2.05) is 0 Å². The van der Waals surface area contributed by atoms with Crippen molar-refractivity contribution in [2.24, 2.45) is 0 Å². The van der Waals surface area contributed by atoms with Gasteiger partial charge in [0.15, 0.2) is 10.8 Å². The summed E-state index contributed by atoms with van der Waals surface area (Å²) in [5.74, 6) is 2.15. The molecule has 0 saturated heterocycles. The van der Waals surface area contributed by atoms with Crippen molar-refractivity contribution in [2.45, 2.75) is 0 Å². The zero-order chi connectivity index (χ0) is 17.1. The Balaban J connectivity index is 1.90. The molecule has 0 N–H and O–H groups in total.